The summed E-state index contributed by atoms with van der Waals surface area (Å²) in [5.74, 6) is -0.255. The molecule has 0 atom stereocenters. The number of aryl methyl sites for hydroxylation is 1. The molecule has 0 radical (unpaired) electrons. The molecule has 0 aliphatic rings. The molecule has 0 spiro atoms. The summed E-state index contributed by atoms with van der Waals surface area (Å²) < 4.78 is 9.49. The maximum absolute atomic E-state index is 10.1. The van der Waals surface area contributed by atoms with Gasteiger partial charge in [-0.2, -0.15) is 0 Å². The highest BCUT2D eigenvalue weighted by Crippen LogP contribution is 1.92. The summed E-state index contributed by atoms with van der Waals surface area (Å²) in [7, 11) is 0. The largest absolute Gasteiger partial charge is 0.463 e. The maximum Gasteiger partial charge on any atom is 0.302 e. The van der Waals surface area contributed by atoms with Gasteiger partial charge in [-0.3, -0.25) is 4.79 Å². The first-order valence-corrected chi connectivity index (χ1v) is 5.39. The molecule has 3 nitrogen and oxygen atoms in total. The number of ether oxygens (including phenoxy) is 2. The molecule has 0 unspecified atom stereocenters. The van der Waals surface area contributed by atoms with E-state index in [0.717, 1.165) is 0 Å². The molecule has 3 heteroatoms. The average molecular weight is 224 g/mol. The van der Waals surface area contributed by atoms with Crippen LogP contribution in [0.5, 0.6) is 0 Å². The van der Waals surface area contributed by atoms with E-state index in [1.165, 1.54) is 12.5 Å². The molecule has 90 valence electrons. The monoisotopic (exact) mass is 224 g/mol. The van der Waals surface area contributed by atoms with Crippen LogP contribution in [0.3, 0.4) is 0 Å². The van der Waals surface area contributed by atoms with Crippen molar-refractivity contribution in [2.45, 2.75) is 20.8 Å². The van der Waals surface area contributed by atoms with E-state index in [0.29, 0.717) is 19.8 Å². The first-order chi connectivity index (χ1) is 7.66. The van der Waals surface area contributed by atoms with Crippen molar-refractivity contribution in [2.24, 2.45) is 0 Å². The molecule has 0 bridgehead atoms. The second kappa shape index (κ2) is 10.2. The highest BCUT2D eigenvalue weighted by molar-refractivity contribution is 5.65. The summed E-state index contributed by atoms with van der Waals surface area (Å²) in [5.41, 5.74) is 1.32. The summed E-state index contributed by atoms with van der Waals surface area (Å²) >= 11 is 0. The molecule has 0 amide bonds. The molecule has 1 aromatic carbocycles. The molecule has 0 fully saturated rings. The minimum Gasteiger partial charge on any atom is -0.463 e. The van der Waals surface area contributed by atoms with Crippen molar-refractivity contribution >= 4 is 5.97 Å². The van der Waals surface area contributed by atoms with Gasteiger partial charge in [0.05, 0.1) is 6.61 Å². The van der Waals surface area contributed by atoms with Gasteiger partial charge in [-0.25, -0.2) is 0 Å². The molecular formula is C13H20O3. The number of esters is 1. The Balaban J connectivity index is 0.000000288. The van der Waals surface area contributed by atoms with Crippen molar-refractivity contribution in [3.8, 4) is 0 Å². The van der Waals surface area contributed by atoms with Crippen LogP contribution in [0.4, 0.5) is 0 Å². The van der Waals surface area contributed by atoms with Crippen LogP contribution in [0.2, 0.25) is 0 Å². The van der Waals surface area contributed by atoms with Gasteiger partial charge in [-0.1, -0.05) is 35.9 Å². The van der Waals surface area contributed by atoms with E-state index >= 15 is 0 Å². The molecule has 1 aromatic rings. The van der Waals surface area contributed by atoms with Gasteiger partial charge in [0, 0.05) is 13.5 Å². The van der Waals surface area contributed by atoms with Crippen molar-refractivity contribution in [3.05, 3.63) is 35.9 Å². The minimum atomic E-state index is -0.255. The third kappa shape index (κ3) is 10.7. The van der Waals surface area contributed by atoms with Crippen molar-refractivity contribution in [1.82, 2.24) is 0 Å². The smallest absolute Gasteiger partial charge is 0.302 e. The van der Waals surface area contributed by atoms with Gasteiger partial charge < -0.3 is 9.47 Å². The average Bonchev–Trinajstić information content (AvgIpc) is 2.26. The molecule has 0 aliphatic heterocycles. The Labute approximate surface area is 97.4 Å². The predicted molar refractivity (Wildman–Crippen MR) is 64.3 cm³/mol. The van der Waals surface area contributed by atoms with Gasteiger partial charge in [-0.05, 0) is 13.8 Å². The summed E-state index contributed by atoms with van der Waals surface area (Å²) in [6, 6.07) is 10.3. The molecule has 0 aliphatic carbocycles. The number of rotatable bonds is 4. The summed E-state index contributed by atoms with van der Waals surface area (Å²) in [5, 5.41) is 0. The fourth-order valence-electron chi connectivity index (χ4n) is 0.923. The van der Waals surface area contributed by atoms with Gasteiger partial charge in [0.15, 0.2) is 0 Å². The second-order valence-electron chi connectivity index (χ2n) is 3.19. The first kappa shape index (κ1) is 14.6. The van der Waals surface area contributed by atoms with Gasteiger partial charge in [-0.15, -0.1) is 0 Å². The van der Waals surface area contributed by atoms with E-state index in [1.807, 2.05) is 25.1 Å². The van der Waals surface area contributed by atoms with Crippen LogP contribution in [0.25, 0.3) is 0 Å². The van der Waals surface area contributed by atoms with Crippen LogP contribution >= 0.6 is 0 Å². The maximum atomic E-state index is 10.1. The SMILES string of the molecule is CCOCCOC(C)=O.Cc1ccccc1. The van der Waals surface area contributed by atoms with Gasteiger partial charge in [0.25, 0.3) is 0 Å². The quantitative estimate of drug-likeness (QED) is 0.582. The lowest BCUT2D eigenvalue weighted by Gasteiger charge is -1.99. The van der Waals surface area contributed by atoms with Crippen molar-refractivity contribution in [2.75, 3.05) is 19.8 Å². The number of hydrogen-bond donors (Lipinski definition) is 0. The normalized spacial score (nSPS) is 8.94. The van der Waals surface area contributed by atoms with Crippen LogP contribution < -0.4 is 0 Å². The molecule has 1 rings (SSSR count). The molecule has 0 saturated carbocycles. The minimum absolute atomic E-state index is 0.255. The van der Waals surface area contributed by atoms with E-state index in [1.54, 1.807) is 0 Å². The van der Waals surface area contributed by atoms with Gasteiger partial charge in [0.2, 0.25) is 0 Å². The Kier molecular flexibility index (Phi) is 9.32. The van der Waals surface area contributed by atoms with Crippen molar-refractivity contribution < 1.29 is 14.3 Å². The predicted octanol–water partition coefficient (Wildman–Crippen LogP) is 2.58. The zero-order valence-corrected chi connectivity index (χ0v) is 10.2. The Hall–Kier alpha value is -1.35. The van der Waals surface area contributed by atoms with E-state index < -0.39 is 0 Å². The van der Waals surface area contributed by atoms with Gasteiger partial charge >= 0.3 is 5.97 Å². The molecule has 0 saturated heterocycles. The lowest BCUT2D eigenvalue weighted by atomic mass is 10.2. The molecule has 0 N–H and O–H groups in total. The lowest BCUT2D eigenvalue weighted by molar-refractivity contribution is -0.142. The number of carbonyl (C=O) groups is 1. The fraction of sp³-hybridized carbons (Fsp3) is 0.462. The molecule has 16 heavy (non-hydrogen) atoms. The van der Waals surface area contributed by atoms with E-state index in [4.69, 9.17) is 4.74 Å². The van der Waals surface area contributed by atoms with E-state index in [9.17, 15) is 4.79 Å². The van der Waals surface area contributed by atoms with E-state index in [2.05, 4.69) is 23.8 Å². The number of carbonyl (C=O) groups excluding carboxylic acids is 1. The van der Waals surface area contributed by atoms with E-state index in [-0.39, 0.29) is 5.97 Å². The number of hydrogen-bond acceptors (Lipinski definition) is 3. The first-order valence-electron chi connectivity index (χ1n) is 5.39. The summed E-state index contributed by atoms with van der Waals surface area (Å²) in [4.78, 5) is 10.1. The molecule has 0 heterocycles. The van der Waals surface area contributed by atoms with Crippen LogP contribution in [0, 0.1) is 6.92 Å². The zero-order chi connectivity index (χ0) is 12.2. The van der Waals surface area contributed by atoms with Crippen LogP contribution in [-0.2, 0) is 14.3 Å². The highest BCUT2D eigenvalue weighted by Gasteiger charge is 1.89. The molecule has 0 aromatic heterocycles. The van der Waals surface area contributed by atoms with Crippen molar-refractivity contribution in [1.29, 1.82) is 0 Å². The highest BCUT2D eigenvalue weighted by atomic mass is 16.6. The Bertz CT molecular complexity index is 270. The Morgan fingerprint density at radius 1 is 1.19 bits per heavy atom. The fourth-order valence-corrected chi connectivity index (χ4v) is 0.923. The second-order valence-corrected chi connectivity index (χ2v) is 3.19. The standard InChI is InChI=1S/C7H8.C6H12O3/c1-7-5-3-2-4-6-7;1-3-8-4-5-9-6(2)7/h2-6H,1H3;3-5H2,1-2H3. The number of benzene rings is 1. The molecular weight excluding hydrogens is 204 g/mol. The lowest BCUT2D eigenvalue weighted by Crippen LogP contribution is -2.06. The van der Waals surface area contributed by atoms with Crippen LogP contribution in [0.15, 0.2) is 30.3 Å². The van der Waals surface area contributed by atoms with Crippen molar-refractivity contribution in [3.63, 3.8) is 0 Å². The van der Waals surface area contributed by atoms with Crippen LogP contribution in [0.1, 0.15) is 19.4 Å². The van der Waals surface area contributed by atoms with Gasteiger partial charge in [0.1, 0.15) is 6.61 Å². The van der Waals surface area contributed by atoms with Crippen LogP contribution in [-0.4, -0.2) is 25.8 Å². The Morgan fingerprint density at radius 2 is 1.81 bits per heavy atom. The summed E-state index contributed by atoms with van der Waals surface area (Å²) in [6.07, 6.45) is 0. The third-order valence-electron chi connectivity index (χ3n) is 1.68. The third-order valence-corrected chi connectivity index (χ3v) is 1.68. The Morgan fingerprint density at radius 3 is 2.19 bits per heavy atom. The summed E-state index contributed by atoms with van der Waals surface area (Å²) in [6.45, 7) is 6.89. The zero-order valence-electron chi connectivity index (χ0n) is 10.2. The topological polar surface area (TPSA) is 35.5 Å².